The number of benzene rings is 1. The van der Waals surface area contributed by atoms with Gasteiger partial charge in [-0.05, 0) is 57.4 Å². The van der Waals surface area contributed by atoms with E-state index in [0.717, 1.165) is 44.8 Å². The number of likely N-dealkylation sites (tertiary alicyclic amines) is 1. The second kappa shape index (κ2) is 8.09. The average molecular weight is 345 g/mol. The molecule has 1 aromatic rings. The van der Waals surface area contributed by atoms with Gasteiger partial charge in [-0.2, -0.15) is 0 Å². The van der Waals surface area contributed by atoms with Gasteiger partial charge in [-0.15, -0.1) is 0 Å². The number of piperidine rings is 1. The molecule has 0 aliphatic carbocycles. The van der Waals surface area contributed by atoms with Crippen LogP contribution in [0.15, 0.2) is 24.3 Å². The van der Waals surface area contributed by atoms with Gasteiger partial charge in [0, 0.05) is 44.0 Å². The molecular formula is C20H31N3O2. The van der Waals surface area contributed by atoms with Crippen molar-refractivity contribution in [3.63, 3.8) is 0 Å². The summed E-state index contributed by atoms with van der Waals surface area (Å²) in [5.74, 6) is 1.19. The molecule has 0 radical (unpaired) electrons. The zero-order valence-electron chi connectivity index (χ0n) is 15.8. The van der Waals surface area contributed by atoms with E-state index in [9.17, 15) is 4.79 Å². The Balaban J connectivity index is 1.51. The monoisotopic (exact) mass is 345 g/mol. The van der Waals surface area contributed by atoms with E-state index in [1.165, 1.54) is 12.1 Å². The first kappa shape index (κ1) is 18.1. The van der Waals surface area contributed by atoms with E-state index >= 15 is 0 Å². The van der Waals surface area contributed by atoms with Crippen LogP contribution in [-0.2, 0) is 4.79 Å². The molecule has 0 bridgehead atoms. The molecular weight excluding hydrogens is 314 g/mol. The van der Waals surface area contributed by atoms with Crippen LogP contribution in [0.5, 0.6) is 5.75 Å². The second-order valence-electron chi connectivity index (χ2n) is 7.39. The van der Waals surface area contributed by atoms with Gasteiger partial charge in [-0.3, -0.25) is 9.69 Å². The van der Waals surface area contributed by atoms with Crippen molar-refractivity contribution < 1.29 is 9.53 Å². The lowest BCUT2D eigenvalue weighted by molar-refractivity contribution is -0.138. The van der Waals surface area contributed by atoms with Gasteiger partial charge in [0.15, 0.2) is 0 Å². The topological polar surface area (TPSA) is 36.0 Å². The van der Waals surface area contributed by atoms with Crippen LogP contribution in [0.2, 0.25) is 0 Å². The lowest BCUT2D eigenvalue weighted by Crippen LogP contribution is -2.54. The molecule has 5 heteroatoms. The highest BCUT2D eigenvalue weighted by atomic mass is 16.5. The molecule has 1 aromatic carbocycles. The van der Waals surface area contributed by atoms with Gasteiger partial charge in [0.2, 0.25) is 5.91 Å². The summed E-state index contributed by atoms with van der Waals surface area (Å²) in [6.07, 6.45) is 3.52. The highest BCUT2D eigenvalue weighted by molar-refractivity contribution is 5.79. The van der Waals surface area contributed by atoms with Crippen molar-refractivity contribution in [2.45, 2.75) is 45.2 Å². The molecule has 2 aliphatic heterocycles. The number of anilines is 1. The molecule has 2 atom stereocenters. The fraction of sp³-hybridized carbons (Fsp3) is 0.650. The molecule has 138 valence electrons. The summed E-state index contributed by atoms with van der Waals surface area (Å²) in [4.78, 5) is 19.6. The van der Waals surface area contributed by atoms with Crippen molar-refractivity contribution in [2.24, 2.45) is 0 Å². The smallest absolute Gasteiger partial charge is 0.237 e. The molecule has 2 fully saturated rings. The maximum atomic E-state index is 12.8. The van der Waals surface area contributed by atoms with Crippen LogP contribution in [0.1, 0.15) is 33.1 Å². The minimum Gasteiger partial charge on any atom is -0.497 e. The van der Waals surface area contributed by atoms with Crippen LogP contribution >= 0.6 is 0 Å². The number of hydrogen-bond donors (Lipinski definition) is 0. The minimum atomic E-state index is 0.303. The standard InChI is InChI=1S/C20H31N3O2/c1-16-5-4-6-17(2)23(16)20(24)15-21-11-13-22(14-12-21)18-7-9-19(25-3)10-8-18/h7-10,16-17H,4-6,11-15H2,1-3H3/t16-,17+. The van der Waals surface area contributed by atoms with Crippen molar-refractivity contribution in [1.82, 2.24) is 9.80 Å². The van der Waals surface area contributed by atoms with Crippen LogP contribution in [0.3, 0.4) is 0 Å². The molecule has 3 rings (SSSR count). The Bertz CT molecular complexity index is 557. The number of carbonyl (C=O) groups is 1. The number of rotatable bonds is 4. The second-order valence-corrected chi connectivity index (χ2v) is 7.39. The maximum absolute atomic E-state index is 12.8. The van der Waals surface area contributed by atoms with Crippen LogP contribution in [0, 0.1) is 0 Å². The van der Waals surface area contributed by atoms with Crippen LogP contribution < -0.4 is 9.64 Å². The Kier molecular flexibility index (Phi) is 5.84. The Hall–Kier alpha value is -1.75. The normalized spacial score (nSPS) is 25.1. The molecule has 5 nitrogen and oxygen atoms in total. The van der Waals surface area contributed by atoms with E-state index in [0.29, 0.717) is 24.5 Å². The molecule has 2 aliphatic rings. The lowest BCUT2D eigenvalue weighted by atomic mass is 9.97. The van der Waals surface area contributed by atoms with Gasteiger partial charge in [0.05, 0.1) is 13.7 Å². The van der Waals surface area contributed by atoms with E-state index in [1.54, 1.807) is 7.11 Å². The maximum Gasteiger partial charge on any atom is 0.237 e. The molecule has 2 saturated heterocycles. The van der Waals surface area contributed by atoms with E-state index in [1.807, 2.05) is 12.1 Å². The predicted octanol–water partition coefficient (Wildman–Crippen LogP) is 2.61. The molecule has 1 amide bonds. The third-order valence-electron chi connectivity index (χ3n) is 5.65. The van der Waals surface area contributed by atoms with Gasteiger partial charge in [0.1, 0.15) is 5.75 Å². The van der Waals surface area contributed by atoms with Crippen molar-refractivity contribution >= 4 is 11.6 Å². The first-order chi connectivity index (χ1) is 12.1. The third kappa shape index (κ3) is 4.27. The van der Waals surface area contributed by atoms with E-state index < -0.39 is 0 Å². The van der Waals surface area contributed by atoms with Crippen molar-refractivity contribution in [3.8, 4) is 5.75 Å². The lowest BCUT2D eigenvalue weighted by Gasteiger charge is -2.41. The number of methoxy groups -OCH3 is 1. The summed E-state index contributed by atoms with van der Waals surface area (Å²) in [5, 5.41) is 0. The number of ether oxygens (including phenoxy) is 1. The highest BCUT2D eigenvalue weighted by Gasteiger charge is 2.30. The summed E-state index contributed by atoms with van der Waals surface area (Å²) in [5.41, 5.74) is 1.23. The number of amides is 1. The van der Waals surface area contributed by atoms with E-state index in [-0.39, 0.29) is 0 Å². The number of nitrogens with zero attached hydrogens (tertiary/aromatic N) is 3. The fourth-order valence-corrected chi connectivity index (χ4v) is 4.14. The Labute approximate surface area is 151 Å². The summed E-state index contributed by atoms with van der Waals surface area (Å²) >= 11 is 0. The van der Waals surface area contributed by atoms with Gasteiger partial charge in [0.25, 0.3) is 0 Å². The van der Waals surface area contributed by atoms with Crippen LogP contribution in [0.4, 0.5) is 5.69 Å². The minimum absolute atomic E-state index is 0.303. The summed E-state index contributed by atoms with van der Waals surface area (Å²) < 4.78 is 5.22. The zero-order valence-corrected chi connectivity index (χ0v) is 15.8. The number of hydrogen-bond acceptors (Lipinski definition) is 4. The van der Waals surface area contributed by atoms with E-state index in [4.69, 9.17) is 4.74 Å². The van der Waals surface area contributed by atoms with Crippen molar-refractivity contribution in [1.29, 1.82) is 0 Å². The van der Waals surface area contributed by atoms with Crippen molar-refractivity contribution in [3.05, 3.63) is 24.3 Å². The molecule has 0 saturated carbocycles. The van der Waals surface area contributed by atoms with Gasteiger partial charge < -0.3 is 14.5 Å². The van der Waals surface area contributed by atoms with Gasteiger partial charge in [-0.25, -0.2) is 0 Å². The van der Waals surface area contributed by atoms with Crippen LogP contribution in [0.25, 0.3) is 0 Å². The van der Waals surface area contributed by atoms with E-state index in [2.05, 4.69) is 40.7 Å². The molecule has 0 aromatic heterocycles. The summed E-state index contributed by atoms with van der Waals surface area (Å²) in [6, 6.07) is 9.00. The Morgan fingerprint density at radius 1 is 1.04 bits per heavy atom. The third-order valence-corrected chi connectivity index (χ3v) is 5.65. The van der Waals surface area contributed by atoms with Crippen LogP contribution in [-0.4, -0.2) is 67.6 Å². The molecule has 0 N–H and O–H groups in total. The highest BCUT2D eigenvalue weighted by Crippen LogP contribution is 2.23. The quantitative estimate of drug-likeness (QED) is 0.840. The largest absolute Gasteiger partial charge is 0.497 e. The fourth-order valence-electron chi connectivity index (χ4n) is 4.14. The van der Waals surface area contributed by atoms with Gasteiger partial charge in [-0.1, -0.05) is 0 Å². The summed E-state index contributed by atoms with van der Waals surface area (Å²) in [7, 11) is 1.69. The first-order valence-corrected chi connectivity index (χ1v) is 9.51. The van der Waals surface area contributed by atoms with Gasteiger partial charge >= 0.3 is 0 Å². The van der Waals surface area contributed by atoms with Crippen molar-refractivity contribution in [2.75, 3.05) is 44.7 Å². The molecule has 0 unspecified atom stereocenters. The Morgan fingerprint density at radius 3 is 2.20 bits per heavy atom. The first-order valence-electron chi connectivity index (χ1n) is 9.51. The number of carbonyl (C=O) groups excluding carboxylic acids is 1. The predicted molar refractivity (Wildman–Crippen MR) is 101 cm³/mol. The molecule has 25 heavy (non-hydrogen) atoms. The summed E-state index contributed by atoms with van der Waals surface area (Å²) in [6.45, 7) is 8.74. The number of piperazine rings is 1. The average Bonchev–Trinajstić information content (AvgIpc) is 2.62. The Morgan fingerprint density at radius 2 is 1.64 bits per heavy atom. The SMILES string of the molecule is COc1ccc(N2CCN(CC(=O)N3[C@H](C)CCC[C@@H]3C)CC2)cc1. The zero-order chi connectivity index (χ0) is 17.8. The molecule has 2 heterocycles. The molecule has 0 spiro atoms.